The van der Waals surface area contributed by atoms with Crippen molar-refractivity contribution in [2.75, 3.05) is 11.9 Å². The Kier molecular flexibility index (Phi) is 5.23. The molecule has 1 aromatic rings. The van der Waals surface area contributed by atoms with Crippen LogP contribution in [0.3, 0.4) is 0 Å². The highest BCUT2D eigenvalue weighted by Crippen LogP contribution is 2.22. The van der Waals surface area contributed by atoms with Gasteiger partial charge in [-0.2, -0.15) is 0 Å². The predicted octanol–water partition coefficient (Wildman–Crippen LogP) is 3.46. The number of rotatable bonds is 5. The van der Waals surface area contributed by atoms with Gasteiger partial charge in [0.2, 0.25) is 0 Å². The monoisotopic (exact) mass is 263 g/mol. The zero-order valence-corrected chi connectivity index (χ0v) is 12.1. The predicted molar refractivity (Wildman–Crippen MR) is 78.5 cm³/mol. The van der Waals surface area contributed by atoms with Crippen molar-refractivity contribution in [3.05, 3.63) is 30.3 Å². The Hall–Kier alpha value is -1.06. The van der Waals surface area contributed by atoms with E-state index in [0.717, 1.165) is 25.1 Å². The van der Waals surface area contributed by atoms with E-state index in [1.54, 1.807) is 0 Å². The quantitative estimate of drug-likeness (QED) is 0.882. The second kappa shape index (κ2) is 6.92. The average molecular weight is 263 g/mol. The van der Waals surface area contributed by atoms with Crippen molar-refractivity contribution in [3.63, 3.8) is 0 Å². The topological polar surface area (TPSA) is 30.5 Å². The zero-order valence-electron chi connectivity index (χ0n) is 12.1. The molecular formula is C16H25NO2. The van der Waals surface area contributed by atoms with Crippen molar-refractivity contribution in [2.45, 2.75) is 58.0 Å². The molecule has 1 heterocycles. The Morgan fingerprint density at radius 3 is 2.47 bits per heavy atom. The fourth-order valence-corrected chi connectivity index (χ4v) is 2.65. The second-order valence-corrected chi connectivity index (χ2v) is 5.54. The maximum absolute atomic E-state index is 6.11. The van der Waals surface area contributed by atoms with Crippen LogP contribution in [0.15, 0.2) is 30.3 Å². The number of benzene rings is 1. The first-order chi connectivity index (χ1) is 9.13. The molecule has 1 aromatic carbocycles. The molecule has 1 aliphatic rings. The van der Waals surface area contributed by atoms with Gasteiger partial charge < -0.3 is 14.8 Å². The highest BCUT2D eigenvalue weighted by Gasteiger charge is 2.26. The fraction of sp³-hybridized carbons (Fsp3) is 0.625. The third-order valence-corrected chi connectivity index (χ3v) is 3.45. The first-order valence-corrected chi connectivity index (χ1v) is 7.23. The van der Waals surface area contributed by atoms with Crippen molar-refractivity contribution >= 4 is 5.69 Å². The maximum atomic E-state index is 6.11. The number of anilines is 1. The number of para-hydroxylation sites is 1. The summed E-state index contributed by atoms with van der Waals surface area (Å²) >= 11 is 0. The summed E-state index contributed by atoms with van der Waals surface area (Å²) in [6.45, 7) is 7.21. The number of hydrogen-bond acceptors (Lipinski definition) is 3. The summed E-state index contributed by atoms with van der Waals surface area (Å²) in [5.41, 5.74) is 1.15. The van der Waals surface area contributed by atoms with Crippen LogP contribution in [0, 0.1) is 0 Å². The molecule has 3 heteroatoms. The van der Waals surface area contributed by atoms with E-state index in [1.807, 2.05) is 18.2 Å². The largest absolute Gasteiger partial charge is 0.382 e. The van der Waals surface area contributed by atoms with Crippen LogP contribution in [0.2, 0.25) is 0 Å². The van der Waals surface area contributed by atoms with Crippen LogP contribution in [0.5, 0.6) is 0 Å². The van der Waals surface area contributed by atoms with Crippen LogP contribution in [-0.4, -0.2) is 31.0 Å². The molecule has 3 nitrogen and oxygen atoms in total. The lowest BCUT2D eigenvalue weighted by molar-refractivity contribution is -0.115. The molecule has 0 aromatic heterocycles. The number of ether oxygens (including phenoxy) is 2. The molecule has 1 N–H and O–H groups in total. The summed E-state index contributed by atoms with van der Waals surface area (Å²) in [5, 5.41) is 3.40. The van der Waals surface area contributed by atoms with Crippen LogP contribution >= 0.6 is 0 Å². The van der Waals surface area contributed by atoms with Gasteiger partial charge in [-0.3, -0.25) is 0 Å². The normalized spacial score (nSPS) is 28.9. The van der Waals surface area contributed by atoms with Crippen LogP contribution in [0.4, 0.5) is 5.69 Å². The molecule has 1 saturated heterocycles. The van der Waals surface area contributed by atoms with Gasteiger partial charge in [-0.25, -0.2) is 0 Å². The summed E-state index contributed by atoms with van der Waals surface area (Å²) < 4.78 is 11.8. The van der Waals surface area contributed by atoms with E-state index in [0.29, 0.717) is 18.3 Å². The summed E-state index contributed by atoms with van der Waals surface area (Å²) in [7, 11) is 0. The number of nitrogens with one attached hydrogen (secondary N) is 1. The van der Waals surface area contributed by atoms with E-state index in [4.69, 9.17) is 9.47 Å². The smallest absolute Gasteiger partial charge is 0.0723 e. The Labute approximate surface area is 116 Å². The number of hydrogen-bond donors (Lipinski definition) is 1. The molecule has 0 saturated carbocycles. The van der Waals surface area contributed by atoms with Gasteiger partial charge in [0.15, 0.2) is 0 Å². The lowest BCUT2D eigenvalue weighted by Gasteiger charge is -2.33. The van der Waals surface area contributed by atoms with Gasteiger partial charge in [0.05, 0.1) is 24.4 Å². The van der Waals surface area contributed by atoms with E-state index in [2.05, 4.69) is 38.2 Å². The third-order valence-electron chi connectivity index (χ3n) is 3.45. The summed E-state index contributed by atoms with van der Waals surface area (Å²) in [6.07, 6.45) is 3.15. The van der Waals surface area contributed by atoms with E-state index in [1.165, 1.54) is 0 Å². The van der Waals surface area contributed by atoms with E-state index < -0.39 is 0 Å². The van der Waals surface area contributed by atoms with E-state index in [-0.39, 0.29) is 6.10 Å². The third kappa shape index (κ3) is 4.84. The minimum absolute atomic E-state index is 0.211. The highest BCUT2D eigenvalue weighted by atomic mass is 16.5. The van der Waals surface area contributed by atoms with E-state index in [9.17, 15) is 0 Å². The molecule has 2 rings (SSSR count). The van der Waals surface area contributed by atoms with Crippen LogP contribution in [0.1, 0.15) is 33.6 Å². The molecule has 3 atom stereocenters. The van der Waals surface area contributed by atoms with Crippen molar-refractivity contribution in [1.82, 2.24) is 0 Å². The molecule has 0 amide bonds. The van der Waals surface area contributed by atoms with Crippen LogP contribution in [-0.2, 0) is 9.47 Å². The lowest BCUT2D eigenvalue weighted by atomic mass is 10.0. The average Bonchev–Trinajstić information content (AvgIpc) is 2.36. The molecular weight excluding hydrogens is 238 g/mol. The van der Waals surface area contributed by atoms with E-state index >= 15 is 0 Å². The van der Waals surface area contributed by atoms with Gasteiger partial charge in [-0.05, 0) is 45.7 Å². The molecule has 1 fully saturated rings. The van der Waals surface area contributed by atoms with Crippen molar-refractivity contribution < 1.29 is 9.47 Å². The molecule has 106 valence electrons. The first kappa shape index (κ1) is 14.4. The second-order valence-electron chi connectivity index (χ2n) is 5.54. The van der Waals surface area contributed by atoms with Gasteiger partial charge in [-0.1, -0.05) is 18.2 Å². The Morgan fingerprint density at radius 2 is 1.84 bits per heavy atom. The molecule has 19 heavy (non-hydrogen) atoms. The van der Waals surface area contributed by atoms with Crippen molar-refractivity contribution in [1.29, 1.82) is 0 Å². The minimum atomic E-state index is 0.211. The van der Waals surface area contributed by atoms with Gasteiger partial charge in [0.1, 0.15) is 0 Å². The summed E-state index contributed by atoms with van der Waals surface area (Å²) in [4.78, 5) is 0. The highest BCUT2D eigenvalue weighted by molar-refractivity contribution is 5.42. The Bertz CT molecular complexity index is 358. The molecule has 0 radical (unpaired) electrons. The Balaban J connectivity index is 1.73. The minimum Gasteiger partial charge on any atom is -0.382 e. The molecule has 0 spiro atoms. The lowest BCUT2D eigenvalue weighted by Crippen LogP contribution is -2.37. The molecule has 0 bridgehead atoms. The van der Waals surface area contributed by atoms with Gasteiger partial charge in [-0.15, -0.1) is 0 Å². The van der Waals surface area contributed by atoms with Crippen LogP contribution in [0.25, 0.3) is 0 Å². The first-order valence-electron chi connectivity index (χ1n) is 7.23. The summed E-state index contributed by atoms with van der Waals surface area (Å²) in [6, 6.07) is 10.2. The maximum Gasteiger partial charge on any atom is 0.0723 e. The van der Waals surface area contributed by atoms with Crippen molar-refractivity contribution in [2.24, 2.45) is 0 Å². The SMILES string of the molecule is CC1CC(OC(C)CNc2ccccc2)CC(C)O1. The molecule has 3 unspecified atom stereocenters. The van der Waals surface area contributed by atoms with Gasteiger partial charge >= 0.3 is 0 Å². The van der Waals surface area contributed by atoms with Crippen LogP contribution < -0.4 is 5.32 Å². The van der Waals surface area contributed by atoms with Crippen molar-refractivity contribution in [3.8, 4) is 0 Å². The molecule has 0 aliphatic carbocycles. The zero-order chi connectivity index (χ0) is 13.7. The standard InChI is InChI=1S/C16H25NO2/c1-12-9-16(10-13(2)18-12)19-14(3)11-17-15-7-5-4-6-8-15/h4-8,12-14,16-17H,9-11H2,1-3H3. The Morgan fingerprint density at radius 1 is 1.21 bits per heavy atom. The molecule has 1 aliphatic heterocycles. The van der Waals surface area contributed by atoms with Gasteiger partial charge in [0, 0.05) is 12.2 Å². The fourth-order valence-electron chi connectivity index (χ4n) is 2.65. The summed E-state index contributed by atoms with van der Waals surface area (Å²) in [5.74, 6) is 0. The van der Waals surface area contributed by atoms with Gasteiger partial charge in [0.25, 0.3) is 0 Å².